The van der Waals surface area contributed by atoms with E-state index in [1.807, 2.05) is 66.7 Å². The molecule has 9 atom stereocenters. The van der Waals surface area contributed by atoms with Crippen molar-refractivity contribution in [3.05, 3.63) is 108 Å². The van der Waals surface area contributed by atoms with Gasteiger partial charge in [0, 0.05) is 46.2 Å². The van der Waals surface area contributed by atoms with Crippen LogP contribution >= 0.6 is 0 Å². The largest absolute Gasteiger partial charge is 0.497 e. The van der Waals surface area contributed by atoms with Gasteiger partial charge in [-0.3, -0.25) is 4.79 Å². The molecule has 1 aliphatic heterocycles. The minimum Gasteiger partial charge on any atom is -0.497 e. The Kier molecular flexibility index (Phi) is 9.14. The maximum absolute atomic E-state index is 15.5. The number of rotatable bonds is 9. The zero-order valence-electron chi connectivity index (χ0n) is 33.0. The van der Waals surface area contributed by atoms with Crippen LogP contribution in [0.25, 0.3) is 11.1 Å². The molecular weight excluding hydrogens is 701 g/mol. The lowest BCUT2D eigenvalue weighted by Crippen LogP contribution is -2.67. The van der Waals surface area contributed by atoms with Gasteiger partial charge in [-0.15, -0.1) is 0 Å². The number of hydrogen-bond donors (Lipinski definition) is 3. The molecule has 3 N–H and O–H groups in total. The van der Waals surface area contributed by atoms with Gasteiger partial charge in [0.1, 0.15) is 5.75 Å². The topological polar surface area (TPSA) is 108 Å². The smallest absolute Gasteiger partial charge is 0.322 e. The lowest BCUT2D eigenvalue weighted by molar-refractivity contribution is -0.175. The Bertz CT molecular complexity index is 2060. The molecular formula is C48H56N2O6. The number of hydrogen-bond acceptors (Lipinski definition) is 6. The number of ether oxygens (including phenoxy) is 2. The molecule has 10 rings (SSSR count). The average molecular weight is 757 g/mol. The van der Waals surface area contributed by atoms with E-state index in [0.717, 1.165) is 61.6 Å². The maximum Gasteiger partial charge on any atom is 0.322 e. The number of methoxy groups -OCH3 is 1. The summed E-state index contributed by atoms with van der Waals surface area (Å²) in [5, 5.41) is 27.5. The van der Waals surface area contributed by atoms with Crippen molar-refractivity contribution < 1.29 is 29.3 Å². The fourth-order valence-corrected chi connectivity index (χ4v) is 12.7. The van der Waals surface area contributed by atoms with Crippen molar-refractivity contribution in [3.8, 4) is 16.9 Å². The van der Waals surface area contributed by atoms with Crippen LogP contribution in [0.5, 0.6) is 5.75 Å². The molecule has 0 radical (unpaired) electrons. The fourth-order valence-electron chi connectivity index (χ4n) is 12.7. The first-order valence-corrected chi connectivity index (χ1v) is 20.8. The van der Waals surface area contributed by atoms with E-state index < -0.39 is 27.9 Å². The summed E-state index contributed by atoms with van der Waals surface area (Å²) >= 11 is 0. The number of amides is 2. The van der Waals surface area contributed by atoms with E-state index in [9.17, 15) is 15.0 Å². The Labute approximate surface area is 331 Å². The number of ketones is 1. The molecule has 1 unspecified atom stereocenters. The molecule has 0 aromatic heterocycles. The zero-order chi connectivity index (χ0) is 38.9. The summed E-state index contributed by atoms with van der Waals surface area (Å²) in [5.41, 5.74) is 1.11. The molecule has 3 aromatic carbocycles. The van der Waals surface area contributed by atoms with Crippen molar-refractivity contribution in [3.63, 3.8) is 0 Å². The van der Waals surface area contributed by atoms with Crippen LogP contribution in [-0.2, 0) is 4.74 Å². The van der Waals surface area contributed by atoms with Crippen molar-refractivity contribution >= 4 is 17.5 Å². The van der Waals surface area contributed by atoms with Crippen LogP contribution in [0.1, 0.15) is 82.0 Å². The molecule has 6 aliphatic carbocycles. The summed E-state index contributed by atoms with van der Waals surface area (Å²) in [7, 11) is 1.62. The van der Waals surface area contributed by atoms with E-state index >= 15 is 4.79 Å². The van der Waals surface area contributed by atoms with Crippen molar-refractivity contribution in [2.24, 2.45) is 33.5 Å². The Morgan fingerprint density at radius 3 is 2.34 bits per heavy atom. The van der Waals surface area contributed by atoms with Gasteiger partial charge >= 0.3 is 6.03 Å². The molecule has 2 spiro atoms. The molecule has 1 heterocycles. The van der Waals surface area contributed by atoms with Gasteiger partial charge in [-0.1, -0.05) is 86.7 Å². The number of anilines is 1. The Hall–Kier alpha value is -4.24. The lowest BCUT2D eigenvalue weighted by Gasteiger charge is -2.71. The lowest BCUT2D eigenvalue weighted by atomic mass is 9.32. The molecule has 2 bridgehead atoms. The Balaban J connectivity index is 1.11. The monoisotopic (exact) mass is 756 g/mol. The molecule has 8 nitrogen and oxygen atoms in total. The highest BCUT2D eigenvalue weighted by Crippen LogP contribution is 2.78. The minimum atomic E-state index is -1.20. The normalized spacial score (nSPS) is 36.6. The van der Waals surface area contributed by atoms with E-state index in [-0.39, 0.29) is 41.7 Å². The van der Waals surface area contributed by atoms with Crippen LogP contribution in [0.3, 0.4) is 0 Å². The van der Waals surface area contributed by atoms with E-state index in [4.69, 9.17) is 9.47 Å². The second kappa shape index (κ2) is 13.7. The zero-order valence-corrected chi connectivity index (χ0v) is 33.0. The summed E-state index contributed by atoms with van der Waals surface area (Å²) < 4.78 is 11.4. The number of allylic oxidation sites excluding steroid dienone is 4. The Morgan fingerprint density at radius 2 is 1.59 bits per heavy atom. The summed E-state index contributed by atoms with van der Waals surface area (Å²) in [5.74, 6) is 0.880. The standard InChI is InChI=1S/C48H56N2O6/c1-44-22-19-34(51)28-46(44)25-26-48(39(29-46)42(52)38-14-8-7-13-37(38)32-10-5-4-6-11-32)40(44)20-23-45(2)41(48)21-24-47(45,54)31-50(30-36-12-9-27-56-36)43(53)49-33-15-17-35(55-3)18-16-33/h4-8,10-11,13-18,25-26,29,34,36,40-41,51,54H,9,12,19-24,27-28,30-31H2,1-3H3,(H,49,53)/t34?,36-,40-,41-,44-,45+,46+,47-,48-/m1/s1. The first-order chi connectivity index (χ1) is 27.0. The molecule has 4 fully saturated rings. The highest BCUT2D eigenvalue weighted by Gasteiger charge is 2.74. The highest BCUT2D eigenvalue weighted by atomic mass is 16.5. The van der Waals surface area contributed by atoms with E-state index in [0.29, 0.717) is 43.0 Å². The first-order valence-electron chi connectivity index (χ1n) is 20.8. The minimum absolute atomic E-state index is 0.0368. The third kappa shape index (κ3) is 5.57. The van der Waals surface area contributed by atoms with Crippen LogP contribution in [0.4, 0.5) is 10.5 Å². The van der Waals surface area contributed by atoms with Crippen LogP contribution in [0.2, 0.25) is 0 Å². The van der Waals surface area contributed by atoms with Crippen molar-refractivity contribution in [1.29, 1.82) is 0 Å². The van der Waals surface area contributed by atoms with Gasteiger partial charge in [-0.25, -0.2) is 4.79 Å². The molecule has 3 aromatic rings. The third-order valence-electron chi connectivity index (χ3n) is 15.7. The van der Waals surface area contributed by atoms with Gasteiger partial charge in [0.25, 0.3) is 0 Å². The van der Waals surface area contributed by atoms with Crippen LogP contribution < -0.4 is 10.1 Å². The van der Waals surface area contributed by atoms with Gasteiger partial charge in [-0.2, -0.15) is 0 Å². The number of Topliss-reactive ketones (excluding diaryl/α,β-unsaturated/α-hetero) is 1. The van der Waals surface area contributed by atoms with Gasteiger partial charge in [0.05, 0.1) is 31.5 Å². The van der Waals surface area contributed by atoms with Crippen LogP contribution in [-0.4, -0.2) is 71.5 Å². The molecule has 3 saturated carbocycles. The summed E-state index contributed by atoms with van der Waals surface area (Å²) in [4.78, 5) is 31.5. The SMILES string of the molecule is COc1ccc(NC(=O)N(C[C@H]2CCCO2)C[C@]2(O)CC[C@H]3[C@]45C=C[C@@]6(C=C4C(=O)c4ccccc4-c4ccccc4)CC(O)CC[C@]6(C)[C@H]5CC[C@@]32C)cc1. The molecule has 2 amide bonds. The second-order valence-electron chi connectivity index (χ2n) is 18.2. The van der Waals surface area contributed by atoms with Crippen molar-refractivity contribution in [2.45, 2.75) is 89.4 Å². The number of urea groups is 1. The maximum atomic E-state index is 15.5. The molecule has 7 aliphatic rings. The number of nitrogens with one attached hydrogen (secondary N) is 1. The van der Waals surface area contributed by atoms with Crippen molar-refractivity contribution in [1.82, 2.24) is 4.90 Å². The first kappa shape index (κ1) is 37.3. The summed E-state index contributed by atoms with van der Waals surface area (Å²) in [6.07, 6.45) is 13.4. The van der Waals surface area contributed by atoms with Crippen LogP contribution in [0, 0.1) is 33.5 Å². The average Bonchev–Trinajstić information content (AvgIpc) is 3.83. The van der Waals surface area contributed by atoms with Gasteiger partial charge in [0.15, 0.2) is 5.78 Å². The molecule has 56 heavy (non-hydrogen) atoms. The predicted molar refractivity (Wildman–Crippen MR) is 217 cm³/mol. The number of nitrogens with zero attached hydrogens (tertiary/aromatic N) is 1. The number of benzene rings is 3. The second-order valence-corrected chi connectivity index (χ2v) is 18.2. The van der Waals surface area contributed by atoms with Crippen LogP contribution in [0.15, 0.2) is 103 Å². The number of carbonyl (C=O) groups excluding carboxylic acids is 2. The molecule has 8 heteroatoms. The Morgan fingerprint density at radius 1 is 0.875 bits per heavy atom. The highest BCUT2D eigenvalue weighted by molar-refractivity contribution is 6.14. The van der Waals surface area contributed by atoms with Crippen molar-refractivity contribution in [2.75, 3.05) is 32.1 Å². The van der Waals surface area contributed by atoms with E-state index in [1.54, 1.807) is 12.0 Å². The number of fused-ring (bicyclic) bond motifs is 1. The summed E-state index contributed by atoms with van der Waals surface area (Å²) in [6.45, 7) is 5.88. The third-order valence-corrected chi connectivity index (χ3v) is 15.7. The number of aliphatic hydroxyl groups excluding tert-OH is 1. The molecule has 1 saturated heterocycles. The summed E-state index contributed by atoms with van der Waals surface area (Å²) in [6, 6.07) is 25.1. The molecule has 294 valence electrons. The number of aliphatic hydroxyl groups is 2. The predicted octanol–water partition coefficient (Wildman–Crippen LogP) is 8.85. The number of carbonyl (C=O) groups is 2. The van der Waals surface area contributed by atoms with E-state index in [1.165, 1.54) is 0 Å². The van der Waals surface area contributed by atoms with Gasteiger partial charge in [0.2, 0.25) is 0 Å². The van der Waals surface area contributed by atoms with Gasteiger partial charge < -0.3 is 29.9 Å². The fraction of sp³-hybridized carbons (Fsp3) is 0.500. The van der Waals surface area contributed by atoms with E-state index in [2.05, 4.69) is 49.5 Å². The quantitative estimate of drug-likeness (QED) is 0.149. The van der Waals surface area contributed by atoms with Gasteiger partial charge in [-0.05, 0) is 110 Å².